The van der Waals surface area contributed by atoms with Gasteiger partial charge in [0.25, 0.3) is 0 Å². The zero-order valence-corrected chi connectivity index (χ0v) is 9.88. The van der Waals surface area contributed by atoms with E-state index in [0.29, 0.717) is 12.8 Å². The van der Waals surface area contributed by atoms with E-state index in [1.165, 1.54) is 0 Å². The third-order valence-corrected chi connectivity index (χ3v) is 2.66. The van der Waals surface area contributed by atoms with E-state index in [2.05, 4.69) is 0 Å². The maximum atomic E-state index is 11.7. The lowest BCUT2D eigenvalue weighted by Gasteiger charge is -2.34. The summed E-state index contributed by atoms with van der Waals surface area (Å²) in [7, 11) is 0. The molecule has 0 radical (unpaired) electrons. The van der Waals surface area contributed by atoms with Gasteiger partial charge < -0.3 is 16.2 Å². The molecule has 1 aliphatic rings. The summed E-state index contributed by atoms with van der Waals surface area (Å²) < 4.78 is 5.32. The first-order valence-corrected chi connectivity index (χ1v) is 5.50. The van der Waals surface area contributed by atoms with Crippen LogP contribution in [0.25, 0.3) is 0 Å². The fourth-order valence-corrected chi connectivity index (χ4v) is 1.78. The van der Waals surface area contributed by atoms with Gasteiger partial charge in [-0.15, -0.1) is 0 Å². The van der Waals surface area contributed by atoms with Gasteiger partial charge in [0.2, 0.25) is 0 Å². The first-order valence-electron chi connectivity index (χ1n) is 5.50. The molecule has 1 rings (SSSR count). The van der Waals surface area contributed by atoms with Crippen molar-refractivity contribution in [3.63, 3.8) is 0 Å². The molecule has 4 nitrogen and oxygen atoms in total. The summed E-state index contributed by atoms with van der Waals surface area (Å²) in [4.78, 5) is 11.7. The fourth-order valence-electron chi connectivity index (χ4n) is 1.78. The highest BCUT2D eigenvalue weighted by Gasteiger charge is 2.33. The lowest BCUT2D eigenvalue weighted by atomic mass is 9.83. The number of ether oxygens (including phenoxy) is 1. The minimum Gasteiger partial charge on any atom is -0.460 e. The van der Waals surface area contributed by atoms with Crippen LogP contribution in [-0.4, -0.2) is 17.2 Å². The lowest BCUT2D eigenvalue weighted by Crippen LogP contribution is -2.52. The van der Waals surface area contributed by atoms with Crippen molar-refractivity contribution >= 4 is 5.97 Å². The molecule has 0 amide bonds. The highest BCUT2D eigenvalue weighted by atomic mass is 16.6. The molecule has 0 aromatic rings. The van der Waals surface area contributed by atoms with E-state index in [1.54, 1.807) is 0 Å². The van der Waals surface area contributed by atoms with Gasteiger partial charge in [-0.1, -0.05) is 0 Å². The van der Waals surface area contributed by atoms with Crippen LogP contribution in [0, 0.1) is 5.92 Å². The largest absolute Gasteiger partial charge is 0.460 e. The molecule has 4 N–H and O–H groups in total. The third kappa shape index (κ3) is 4.18. The van der Waals surface area contributed by atoms with Crippen LogP contribution in [0.15, 0.2) is 0 Å². The Bertz CT molecular complexity index is 233. The number of hydrogen-bond donors (Lipinski definition) is 2. The lowest BCUT2D eigenvalue weighted by molar-refractivity contribution is -0.161. The predicted octanol–water partition coefficient (Wildman–Crippen LogP) is 1.13. The van der Waals surface area contributed by atoms with Crippen LogP contribution in [0.5, 0.6) is 0 Å². The molecular formula is C11H22N2O2. The number of carbonyl (C=O) groups is 1. The van der Waals surface area contributed by atoms with Crippen molar-refractivity contribution in [3.05, 3.63) is 0 Å². The molecule has 4 heteroatoms. The van der Waals surface area contributed by atoms with Crippen LogP contribution in [0.3, 0.4) is 0 Å². The van der Waals surface area contributed by atoms with E-state index < -0.39 is 11.3 Å². The Labute approximate surface area is 91.3 Å². The average Bonchev–Trinajstić information content (AvgIpc) is 2.00. The number of nitrogens with two attached hydrogens (primary N) is 2. The van der Waals surface area contributed by atoms with Crippen LogP contribution in [0.4, 0.5) is 0 Å². The van der Waals surface area contributed by atoms with Gasteiger partial charge >= 0.3 is 5.97 Å². The molecule has 0 saturated heterocycles. The molecule has 0 unspecified atom stereocenters. The highest BCUT2D eigenvalue weighted by Crippen LogP contribution is 2.29. The van der Waals surface area contributed by atoms with Crippen molar-refractivity contribution in [3.8, 4) is 0 Å². The second kappa shape index (κ2) is 4.10. The van der Waals surface area contributed by atoms with Gasteiger partial charge in [-0.3, -0.25) is 4.79 Å². The van der Waals surface area contributed by atoms with Crippen LogP contribution < -0.4 is 11.5 Å². The summed E-state index contributed by atoms with van der Waals surface area (Å²) >= 11 is 0. The number of carbonyl (C=O) groups excluding carboxylic acids is 1. The standard InChI is InChI=1S/C11H22N2O2/c1-10(2,3)15-9(14)8-4-6-11(12,13)7-5-8/h8H,4-7,12-13H2,1-3H3. The number of hydrogen-bond acceptors (Lipinski definition) is 4. The summed E-state index contributed by atoms with van der Waals surface area (Å²) in [6.07, 6.45) is 2.86. The van der Waals surface area contributed by atoms with Crippen molar-refractivity contribution in [2.75, 3.05) is 0 Å². The monoisotopic (exact) mass is 214 g/mol. The zero-order chi connectivity index (χ0) is 11.7. The van der Waals surface area contributed by atoms with E-state index in [1.807, 2.05) is 20.8 Å². The predicted molar refractivity (Wildman–Crippen MR) is 58.9 cm³/mol. The summed E-state index contributed by atoms with van der Waals surface area (Å²) in [5.74, 6) is -0.137. The van der Waals surface area contributed by atoms with Crippen LogP contribution in [0.2, 0.25) is 0 Å². The third-order valence-electron chi connectivity index (χ3n) is 2.66. The van der Waals surface area contributed by atoms with Gasteiger partial charge in [-0.05, 0) is 46.5 Å². The Kier molecular flexibility index (Phi) is 3.41. The van der Waals surface area contributed by atoms with E-state index in [4.69, 9.17) is 16.2 Å². The molecule has 0 bridgehead atoms. The molecule has 0 aromatic carbocycles. The minimum absolute atomic E-state index is 0.0237. The summed E-state index contributed by atoms with van der Waals surface area (Å²) in [5.41, 5.74) is 10.6. The molecule has 15 heavy (non-hydrogen) atoms. The summed E-state index contributed by atoms with van der Waals surface area (Å²) in [5, 5.41) is 0. The molecular weight excluding hydrogens is 192 g/mol. The molecule has 0 aromatic heterocycles. The normalized spacial score (nSPS) is 22.5. The average molecular weight is 214 g/mol. The van der Waals surface area contributed by atoms with Gasteiger partial charge in [0.1, 0.15) is 5.60 Å². The van der Waals surface area contributed by atoms with Gasteiger partial charge in [0.15, 0.2) is 0 Å². The van der Waals surface area contributed by atoms with E-state index in [9.17, 15) is 4.79 Å². The Morgan fingerprint density at radius 3 is 2.13 bits per heavy atom. The SMILES string of the molecule is CC(C)(C)OC(=O)C1CCC(N)(N)CC1. The Morgan fingerprint density at radius 1 is 1.27 bits per heavy atom. The van der Waals surface area contributed by atoms with E-state index in [0.717, 1.165) is 12.8 Å². The maximum absolute atomic E-state index is 11.7. The van der Waals surface area contributed by atoms with Crippen LogP contribution >= 0.6 is 0 Å². The van der Waals surface area contributed by atoms with Crippen molar-refractivity contribution in [1.29, 1.82) is 0 Å². The smallest absolute Gasteiger partial charge is 0.309 e. The molecule has 1 saturated carbocycles. The fraction of sp³-hybridized carbons (Fsp3) is 0.909. The van der Waals surface area contributed by atoms with Gasteiger partial charge in [-0.2, -0.15) is 0 Å². The molecule has 1 aliphatic carbocycles. The Balaban J connectivity index is 2.44. The Morgan fingerprint density at radius 2 is 1.73 bits per heavy atom. The van der Waals surface area contributed by atoms with E-state index >= 15 is 0 Å². The van der Waals surface area contributed by atoms with Crippen LogP contribution in [-0.2, 0) is 9.53 Å². The first-order chi connectivity index (χ1) is 6.70. The number of rotatable bonds is 1. The highest BCUT2D eigenvalue weighted by molar-refractivity contribution is 5.73. The van der Waals surface area contributed by atoms with Gasteiger partial charge in [0, 0.05) is 0 Å². The quantitative estimate of drug-likeness (QED) is 0.506. The Hall–Kier alpha value is -0.610. The maximum Gasteiger partial charge on any atom is 0.309 e. The molecule has 0 atom stereocenters. The summed E-state index contributed by atoms with van der Waals surface area (Å²) in [6, 6.07) is 0. The topological polar surface area (TPSA) is 78.3 Å². The molecule has 0 spiro atoms. The van der Waals surface area contributed by atoms with Crippen molar-refractivity contribution in [1.82, 2.24) is 0 Å². The van der Waals surface area contributed by atoms with Crippen molar-refractivity contribution in [2.24, 2.45) is 17.4 Å². The summed E-state index contributed by atoms with van der Waals surface area (Å²) in [6.45, 7) is 5.64. The molecule has 88 valence electrons. The minimum atomic E-state index is -0.585. The molecule has 0 heterocycles. The second-order valence-corrected chi connectivity index (χ2v) is 5.54. The molecule has 1 fully saturated rings. The van der Waals surface area contributed by atoms with E-state index in [-0.39, 0.29) is 11.9 Å². The van der Waals surface area contributed by atoms with Gasteiger partial charge in [-0.25, -0.2) is 0 Å². The van der Waals surface area contributed by atoms with Crippen LogP contribution in [0.1, 0.15) is 46.5 Å². The van der Waals surface area contributed by atoms with Gasteiger partial charge in [0.05, 0.1) is 11.6 Å². The van der Waals surface area contributed by atoms with Crippen molar-refractivity contribution < 1.29 is 9.53 Å². The van der Waals surface area contributed by atoms with Crippen molar-refractivity contribution in [2.45, 2.75) is 57.7 Å². The molecule has 0 aliphatic heterocycles. The first kappa shape index (κ1) is 12.5. The zero-order valence-electron chi connectivity index (χ0n) is 9.88. The second-order valence-electron chi connectivity index (χ2n) is 5.54. The number of esters is 1.